The standard InChI is InChI=1S/C12H12ClNS/c1-9-4-2-6-11(13)12(9)14-8-10-5-3-7-15-10/h2-7,14H,8H2,1H3. The van der Waals surface area contributed by atoms with Crippen LogP contribution in [0.3, 0.4) is 0 Å². The van der Waals surface area contributed by atoms with Gasteiger partial charge in [0.25, 0.3) is 0 Å². The summed E-state index contributed by atoms with van der Waals surface area (Å²) in [6.45, 7) is 2.89. The Bertz CT molecular complexity index is 417. The molecular formula is C12H12ClNS. The number of hydrogen-bond acceptors (Lipinski definition) is 2. The molecule has 1 aromatic carbocycles. The van der Waals surface area contributed by atoms with Crippen molar-refractivity contribution in [3.8, 4) is 0 Å². The first kappa shape index (κ1) is 10.5. The molecule has 0 saturated carbocycles. The van der Waals surface area contributed by atoms with Crippen LogP contribution >= 0.6 is 22.9 Å². The van der Waals surface area contributed by atoms with E-state index in [1.165, 1.54) is 10.4 Å². The van der Waals surface area contributed by atoms with Crippen molar-refractivity contribution in [3.05, 3.63) is 51.2 Å². The van der Waals surface area contributed by atoms with Gasteiger partial charge >= 0.3 is 0 Å². The molecule has 2 rings (SSSR count). The summed E-state index contributed by atoms with van der Waals surface area (Å²) in [5, 5.41) is 6.23. The molecule has 1 heterocycles. The van der Waals surface area contributed by atoms with Crippen molar-refractivity contribution < 1.29 is 0 Å². The van der Waals surface area contributed by atoms with Gasteiger partial charge in [-0.05, 0) is 30.0 Å². The molecule has 0 spiro atoms. The van der Waals surface area contributed by atoms with Crippen LogP contribution in [0.15, 0.2) is 35.7 Å². The van der Waals surface area contributed by atoms with Crippen LogP contribution in [0, 0.1) is 6.92 Å². The fraction of sp³-hybridized carbons (Fsp3) is 0.167. The summed E-state index contributed by atoms with van der Waals surface area (Å²) in [4.78, 5) is 1.31. The molecule has 15 heavy (non-hydrogen) atoms. The van der Waals surface area contributed by atoms with Gasteiger partial charge in [0.2, 0.25) is 0 Å². The lowest BCUT2D eigenvalue weighted by Crippen LogP contribution is -1.99. The first-order chi connectivity index (χ1) is 7.27. The second-order valence-electron chi connectivity index (χ2n) is 3.36. The second-order valence-corrected chi connectivity index (χ2v) is 4.80. The molecule has 78 valence electrons. The van der Waals surface area contributed by atoms with Gasteiger partial charge in [0.05, 0.1) is 10.7 Å². The van der Waals surface area contributed by atoms with Gasteiger partial charge in [0.15, 0.2) is 0 Å². The van der Waals surface area contributed by atoms with Crippen molar-refractivity contribution in [2.45, 2.75) is 13.5 Å². The Hall–Kier alpha value is -0.990. The Morgan fingerprint density at radius 2 is 2.13 bits per heavy atom. The number of hydrogen-bond donors (Lipinski definition) is 1. The minimum Gasteiger partial charge on any atom is -0.379 e. The quantitative estimate of drug-likeness (QED) is 0.838. The van der Waals surface area contributed by atoms with Crippen molar-refractivity contribution in [2.24, 2.45) is 0 Å². The largest absolute Gasteiger partial charge is 0.379 e. The summed E-state index contributed by atoms with van der Waals surface area (Å²) in [6.07, 6.45) is 0. The zero-order chi connectivity index (χ0) is 10.7. The maximum Gasteiger partial charge on any atom is 0.0640 e. The predicted octanol–water partition coefficient (Wildman–Crippen LogP) is 4.32. The van der Waals surface area contributed by atoms with Crippen molar-refractivity contribution in [3.63, 3.8) is 0 Å². The van der Waals surface area contributed by atoms with Crippen molar-refractivity contribution >= 4 is 28.6 Å². The molecule has 0 bridgehead atoms. The van der Waals surface area contributed by atoms with Gasteiger partial charge in [0, 0.05) is 11.4 Å². The van der Waals surface area contributed by atoms with Gasteiger partial charge in [-0.2, -0.15) is 0 Å². The molecule has 0 aliphatic rings. The maximum atomic E-state index is 6.11. The van der Waals surface area contributed by atoms with Gasteiger partial charge < -0.3 is 5.32 Å². The van der Waals surface area contributed by atoms with E-state index in [0.29, 0.717) is 0 Å². The highest BCUT2D eigenvalue weighted by Crippen LogP contribution is 2.26. The highest BCUT2D eigenvalue weighted by molar-refractivity contribution is 7.09. The average molecular weight is 238 g/mol. The molecule has 1 aromatic heterocycles. The van der Waals surface area contributed by atoms with Crippen LogP contribution in [0.5, 0.6) is 0 Å². The number of anilines is 1. The molecule has 0 saturated heterocycles. The SMILES string of the molecule is Cc1cccc(Cl)c1NCc1cccs1. The fourth-order valence-corrected chi connectivity index (χ4v) is 2.38. The Kier molecular flexibility index (Phi) is 3.29. The minimum absolute atomic E-state index is 0.784. The lowest BCUT2D eigenvalue weighted by Gasteiger charge is -2.10. The van der Waals surface area contributed by atoms with E-state index in [1.807, 2.05) is 12.1 Å². The molecule has 0 atom stereocenters. The zero-order valence-corrected chi connectivity index (χ0v) is 10.0. The van der Waals surface area contributed by atoms with Gasteiger partial charge in [-0.3, -0.25) is 0 Å². The normalized spacial score (nSPS) is 10.3. The molecule has 0 aliphatic carbocycles. The first-order valence-corrected chi connectivity index (χ1v) is 6.04. The Morgan fingerprint density at radius 1 is 1.27 bits per heavy atom. The summed E-state index contributed by atoms with van der Waals surface area (Å²) >= 11 is 7.86. The molecular weight excluding hydrogens is 226 g/mol. The van der Waals surface area contributed by atoms with E-state index in [4.69, 9.17) is 11.6 Å². The van der Waals surface area contributed by atoms with Crippen molar-refractivity contribution in [1.82, 2.24) is 0 Å². The number of nitrogens with one attached hydrogen (secondary N) is 1. The Morgan fingerprint density at radius 3 is 2.80 bits per heavy atom. The molecule has 0 fully saturated rings. The molecule has 0 radical (unpaired) electrons. The third-order valence-electron chi connectivity index (χ3n) is 2.24. The van der Waals surface area contributed by atoms with Gasteiger partial charge in [-0.25, -0.2) is 0 Å². The summed E-state index contributed by atoms with van der Waals surface area (Å²) in [5.41, 5.74) is 2.21. The summed E-state index contributed by atoms with van der Waals surface area (Å²) in [7, 11) is 0. The van der Waals surface area contributed by atoms with E-state index < -0.39 is 0 Å². The van der Waals surface area contributed by atoms with Crippen LogP contribution in [0.2, 0.25) is 5.02 Å². The van der Waals surface area contributed by atoms with Crippen molar-refractivity contribution in [2.75, 3.05) is 5.32 Å². The monoisotopic (exact) mass is 237 g/mol. The van der Waals surface area contributed by atoms with Crippen molar-refractivity contribution in [1.29, 1.82) is 0 Å². The van der Waals surface area contributed by atoms with E-state index in [2.05, 4.69) is 35.8 Å². The number of rotatable bonds is 3. The van der Waals surface area contributed by atoms with Gasteiger partial charge in [-0.1, -0.05) is 29.8 Å². The number of aryl methyl sites for hydroxylation is 1. The fourth-order valence-electron chi connectivity index (χ4n) is 1.44. The number of thiophene rings is 1. The van der Waals surface area contributed by atoms with Crippen LogP contribution in [-0.4, -0.2) is 0 Å². The average Bonchev–Trinajstić information content (AvgIpc) is 2.70. The molecule has 1 N–H and O–H groups in total. The molecule has 1 nitrogen and oxygen atoms in total. The van der Waals surface area contributed by atoms with E-state index in [0.717, 1.165) is 17.3 Å². The molecule has 0 amide bonds. The predicted molar refractivity (Wildman–Crippen MR) is 67.8 cm³/mol. The summed E-state index contributed by atoms with van der Waals surface area (Å²) in [5.74, 6) is 0. The zero-order valence-electron chi connectivity index (χ0n) is 8.46. The highest BCUT2D eigenvalue weighted by atomic mass is 35.5. The summed E-state index contributed by atoms with van der Waals surface area (Å²) in [6, 6.07) is 10.1. The van der Waals surface area contributed by atoms with Crippen LogP contribution in [0.1, 0.15) is 10.4 Å². The third kappa shape index (κ3) is 2.52. The molecule has 0 unspecified atom stereocenters. The number of halogens is 1. The number of benzene rings is 1. The smallest absolute Gasteiger partial charge is 0.0640 e. The van der Waals surface area contributed by atoms with E-state index in [9.17, 15) is 0 Å². The lowest BCUT2D eigenvalue weighted by molar-refractivity contribution is 1.18. The van der Waals surface area contributed by atoms with E-state index >= 15 is 0 Å². The van der Waals surface area contributed by atoms with E-state index in [-0.39, 0.29) is 0 Å². The van der Waals surface area contributed by atoms with Gasteiger partial charge in [-0.15, -0.1) is 11.3 Å². The van der Waals surface area contributed by atoms with Crippen LogP contribution < -0.4 is 5.32 Å². The molecule has 2 aromatic rings. The topological polar surface area (TPSA) is 12.0 Å². The maximum absolute atomic E-state index is 6.11. The Balaban J connectivity index is 2.11. The third-order valence-corrected chi connectivity index (χ3v) is 3.43. The lowest BCUT2D eigenvalue weighted by atomic mass is 10.2. The van der Waals surface area contributed by atoms with E-state index in [1.54, 1.807) is 11.3 Å². The summed E-state index contributed by atoms with van der Waals surface area (Å²) < 4.78 is 0. The van der Waals surface area contributed by atoms with Gasteiger partial charge in [0.1, 0.15) is 0 Å². The Labute approximate surface area is 98.7 Å². The van der Waals surface area contributed by atoms with Crippen LogP contribution in [0.4, 0.5) is 5.69 Å². The minimum atomic E-state index is 0.784. The highest BCUT2D eigenvalue weighted by Gasteiger charge is 2.02. The van der Waals surface area contributed by atoms with Crippen LogP contribution in [-0.2, 0) is 6.54 Å². The first-order valence-electron chi connectivity index (χ1n) is 4.79. The molecule has 3 heteroatoms. The molecule has 0 aliphatic heterocycles. The number of para-hydroxylation sites is 1. The second kappa shape index (κ2) is 4.69. The van der Waals surface area contributed by atoms with Crippen LogP contribution in [0.25, 0.3) is 0 Å².